The summed E-state index contributed by atoms with van der Waals surface area (Å²) in [5, 5.41) is 0.857. The molecule has 0 unspecified atom stereocenters. The number of hydrogen-bond donors (Lipinski definition) is 2. The van der Waals surface area contributed by atoms with Crippen molar-refractivity contribution in [1.82, 2.24) is 9.44 Å². The van der Waals surface area contributed by atoms with Crippen molar-refractivity contribution in [2.24, 2.45) is 0 Å². The third-order valence-corrected chi connectivity index (χ3v) is 20.0. The van der Waals surface area contributed by atoms with Crippen molar-refractivity contribution >= 4 is 46.3 Å². The quantitative estimate of drug-likeness (QED) is 0.196. The van der Waals surface area contributed by atoms with Crippen molar-refractivity contribution in [1.29, 1.82) is 0 Å². The van der Waals surface area contributed by atoms with E-state index in [4.69, 9.17) is 37.9 Å². The first-order valence-corrected chi connectivity index (χ1v) is 28.4. The third-order valence-electron chi connectivity index (χ3n) is 9.77. The van der Waals surface area contributed by atoms with Gasteiger partial charge in [0.05, 0.1) is 0 Å². The van der Waals surface area contributed by atoms with E-state index in [2.05, 4.69) is 9.44 Å². The minimum atomic E-state index is -3.98. The Bertz CT molecular complexity index is 1760. The summed E-state index contributed by atoms with van der Waals surface area (Å²) < 4.78 is 112. The fourth-order valence-corrected chi connectivity index (χ4v) is 17.6. The molecule has 6 rings (SSSR count). The molecule has 2 N–H and O–H groups in total. The molecule has 0 aromatic heterocycles. The van der Waals surface area contributed by atoms with Gasteiger partial charge in [0, 0.05) is 0 Å². The van der Waals surface area contributed by atoms with Crippen LogP contribution in [0.2, 0.25) is 10.6 Å². The van der Waals surface area contributed by atoms with E-state index in [9.17, 15) is 16.8 Å². The predicted octanol–water partition coefficient (Wildman–Crippen LogP) is 3.80. The molecule has 8 atom stereocenters. The fraction of sp³-hybridized carbons (Fsp3) is 0.684. The number of ether oxygens (including phenoxy) is 8. The Morgan fingerprint density at radius 3 is 1.20 bits per heavy atom. The summed E-state index contributed by atoms with van der Waals surface area (Å²) in [4.78, 5) is 0.280. The van der Waals surface area contributed by atoms with Crippen molar-refractivity contribution in [3.63, 3.8) is 0 Å². The van der Waals surface area contributed by atoms with Gasteiger partial charge in [0.2, 0.25) is 0 Å². The molecule has 4 fully saturated rings. The average molecular weight is 955 g/mol. The van der Waals surface area contributed by atoms with E-state index in [1.165, 1.54) is 0 Å². The van der Waals surface area contributed by atoms with Crippen molar-refractivity contribution in [2.75, 3.05) is 13.2 Å². The van der Waals surface area contributed by atoms with Gasteiger partial charge in [0.1, 0.15) is 0 Å². The second kappa shape index (κ2) is 16.8. The molecule has 0 spiro atoms. The summed E-state index contributed by atoms with van der Waals surface area (Å²) in [5.41, 5.74) is 1.87. The Balaban J connectivity index is 1.25. The Labute approximate surface area is 343 Å². The van der Waals surface area contributed by atoms with E-state index in [0.29, 0.717) is 10.6 Å². The van der Waals surface area contributed by atoms with Gasteiger partial charge in [-0.25, -0.2) is 0 Å². The Morgan fingerprint density at radius 1 is 0.554 bits per heavy atom. The van der Waals surface area contributed by atoms with Crippen molar-refractivity contribution < 1.29 is 54.7 Å². The summed E-state index contributed by atoms with van der Waals surface area (Å²) in [6.07, 6.45) is -3.65. The zero-order chi connectivity index (χ0) is 40.9. The Hall–Kier alpha value is -1.02. The van der Waals surface area contributed by atoms with Crippen LogP contribution in [0.1, 0.15) is 66.5 Å². The first kappa shape index (κ1) is 44.5. The molecule has 0 bridgehead atoms. The van der Waals surface area contributed by atoms with Crippen LogP contribution in [0.4, 0.5) is 0 Å². The topological polar surface area (TPSA) is 166 Å². The molecule has 0 aliphatic carbocycles. The number of aryl methyl sites for hydroxylation is 2. The maximum absolute atomic E-state index is 13.9. The number of hydrogen-bond acceptors (Lipinski definition) is 12. The summed E-state index contributed by atoms with van der Waals surface area (Å²) >= 11 is -0.346. The van der Waals surface area contributed by atoms with Crippen LogP contribution in [-0.2, 0) is 57.9 Å². The maximum atomic E-state index is 13.9. The SMILES string of the molecule is Cc1ccc(S(=O)(=O)N[C@@H](C[Se][Se]C[C@H](NS(=O)(=O)c2ccc(C)cc2)[C@H]2OC(C)(C)O[C@@H]2[C@H]2COC(C)(C)O2)[C@H]2OC(C)(C)O[C@@H]2[C@H]2COC(C)(C)O2)cc1. The van der Waals surface area contributed by atoms with Crippen LogP contribution >= 0.6 is 0 Å². The number of sulfonamides is 2. The van der Waals surface area contributed by atoms with Gasteiger partial charge in [-0.15, -0.1) is 0 Å². The first-order valence-electron chi connectivity index (χ1n) is 18.7. The second-order valence-corrected chi connectivity index (χ2v) is 27.5. The van der Waals surface area contributed by atoms with Crippen LogP contribution in [0, 0.1) is 13.8 Å². The molecule has 2 aromatic carbocycles. The van der Waals surface area contributed by atoms with Crippen molar-refractivity contribution in [3.8, 4) is 0 Å². The van der Waals surface area contributed by atoms with Crippen molar-refractivity contribution in [3.05, 3.63) is 59.7 Å². The van der Waals surface area contributed by atoms with Gasteiger partial charge in [-0.3, -0.25) is 0 Å². The number of benzene rings is 2. The molecule has 14 nitrogen and oxygen atoms in total. The van der Waals surface area contributed by atoms with Gasteiger partial charge in [-0.2, -0.15) is 0 Å². The van der Waals surface area contributed by atoms with Gasteiger partial charge in [-0.1, -0.05) is 0 Å². The molecule has 4 saturated heterocycles. The van der Waals surface area contributed by atoms with E-state index < -0.39 is 91.9 Å². The number of nitrogens with one attached hydrogen (secondary N) is 2. The molecule has 4 aliphatic rings. The summed E-state index contributed by atoms with van der Waals surface area (Å²) in [6.45, 7) is 18.8. The Kier molecular flexibility index (Phi) is 13.4. The molecule has 4 aliphatic heterocycles. The molecule has 56 heavy (non-hydrogen) atoms. The minimum absolute atomic E-state index is 0.140. The van der Waals surface area contributed by atoms with Crippen LogP contribution in [-0.4, -0.2) is 128 Å². The summed E-state index contributed by atoms with van der Waals surface area (Å²) in [5.74, 6) is -3.70. The van der Waals surface area contributed by atoms with Crippen LogP contribution in [0.3, 0.4) is 0 Å². The van der Waals surface area contributed by atoms with E-state index in [0.717, 1.165) is 11.1 Å². The fourth-order valence-electron chi connectivity index (χ4n) is 7.19. The Morgan fingerprint density at radius 2 is 0.893 bits per heavy atom. The molecule has 0 radical (unpaired) electrons. The predicted molar refractivity (Wildman–Crippen MR) is 209 cm³/mol. The summed E-state index contributed by atoms with van der Waals surface area (Å²) in [7, 11) is -7.96. The molecule has 18 heteroatoms. The summed E-state index contributed by atoms with van der Waals surface area (Å²) in [6, 6.07) is 12.0. The normalized spacial score (nSPS) is 30.8. The van der Waals surface area contributed by atoms with Gasteiger partial charge in [-0.05, 0) is 0 Å². The van der Waals surface area contributed by atoms with E-state index in [1.807, 2.05) is 41.5 Å². The van der Waals surface area contributed by atoms with Gasteiger partial charge >= 0.3 is 345 Å². The van der Waals surface area contributed by atoms with Crippen LogP contribution < -0.4 is 9.44 Å². The molecule has 0 amide bonds. The third kappa shape index (κ3) is 11.0. The van der Waals surface area contributed by atoms with Crippen LogP contribution in [0.5, 0.6) is 0 Å². The first-order chi connectivity index (χ1) is 25.9. The van der Waals surface area contributed by atoms with E-state index in [1.54, 1.807) is 76.2 Å². The van der Waals surface area contributed by atoms with E-state index in [-0.39, 0.29) is 49.3 Å². The van der Waals surface area contributed by atoms with Gasteiger partial charge in [0.25, 0.3) is 0 Å². The molecular formula is C38H56N2O12S2Se2. The van der Waals surface area contributed by atoms with Gasteiger partial charge in [0.15, 0.2) is 0 Å². The van der Waals surface area contributed by atoms with E-state index >= 15 is 0 Å². The number of rotatable bonds is 15. The average Bonchev–Trinajstić information content (AvgIpc) is 3.83. The van der Waals surface area contributed by atoms with Crippen LogP contribution in [0.15, 0.2) is 58.3 Å². The monoisotopic (exact) mass is 956 g/mol. The second-order valence-electron chi connectivity index (χ2n) is 16.5. The standard InChI is InChI=1S/C38H56N2O12S2Se2/c1-23-11-15-25(16-12-23)53(41,42)39-27(31-33(51-37(7,8)49-31)29-19-45-35(3,4)47-29)21-55-56-22-28(40-54(43,44)26-17-13-24(2)14-18-26)32-34(52-38(9,10)50-32)30-20-46-36(5,6)48-30/h11-18,27-34,39-40H,19-22H2,1-10H3/t27-,28-,29+,30+,31+,32+,33+,34+/m0/s1. The van der Waals surface area contributed by atoms with Gasteiger partial charge < -0.3 is 0 Å². The molecule has 4 heterocycles. The zero-order valence-electron chi connectivity index (χ0n) is 33.6. The van der Waals surface area contributed by atoms with Crippen LogP contribution in [0.25, 0.3) is 0 Å². The zero-order valence-corrected chi connectivity index (χ0v) is 38.7. The molecule has 2 aromatic rings. The molecule has 314 valence electrons. The molecular weight excluding hydrogens is 898 g/mol. The van der Waals surface area contributed by atoms with Crippen molar-refractivity contribution in [2.45, 2.75) is 162 Å². The molecule has 0 saturated carbocycles.